The second-order valence-corrected chi connectivity index (χ2v) is 13.0. The van der Waals surface area contributed by atoms with Crippen LogP contribution in [0.1, 0.15) is 124 Å². The number of rotatable bonds is 12. The van der Waals surface area contributed by atoms with Gasteiger partial charge in [0.2, 0.25) is 0 Å². The maximum atomic E-state index is 13.8. The number of carbonyl (C=O) groups excluding carboxylic acids is 4. The number of fused-ring (bicyclic) bond motifs is 3. The van der Waals surface area contributed by atoms with E-state index in [9.17, 15) is 98.4 Å². The van der Waals surface area contributed by atoms with E-state index in [2.05, 4.69) is 0 Å². The van der Waals surface area contributed by atoms with Gasteiger partial charge in [0.05, 0.1) is 66.8 Å². The van der Waals surface area contributed by atoms with Crippen molar-refractivity contribution < 1.29 is 108 Å². The van der Waals surface area contributed by atoms with Crippen LogP contribution in [0.4, 0.5) is 0 Å². The summed E-state index contributed by atoms with van der Waals surface area (Å²) >= 11 is 0. The fourth-order valence-electron chi connectivity index (χ4n) is 6.98. The smallest absolute Gasteiger partial charge is 0.346 e. The van der Waals surface area contributed by atoms with E-state index in [0.717, 1.165) is 24.3 Å². The number of hydrogen-bond donors (Lipinski definition) is 8. The second kappa shape index (κ2) is 16.3. The Hall–Kier alpha value is -9.86. The summed E-state index contributed by atoms with van der Waals surface area (Å²) in [5.74, 6) is -21.5. The van der Waals surface area contributed by atoms with Crippen molar-refractivity contribution >= 4 is 104 Å². The Morgan fingerprint density at radius 3 is 0.453 bits per heavy atom. The van der Waals surface area contributed by atoms with Crippen LogP contribution in [0.2, 0.25) is 0 Å². The predicted molar refractivity (Wildman–Crippen MR) is 207 cm³/mol. The molecule has 0 bridgehead atoms. The van der Waals surface area contributed by atoms with E-state index < -0.39 is 171 Å². The average molecular weight is 877 g/mol. The Bertz CT molecular complexity index is 3010. The van der Waals surface area contributed by atoms with Crippen molar-refractivity contribution in [2.24, 2.45) is 0 Å². The van der Waals surface area contributed by atoms with Crippen LogP contribution in [-0.4, -0.2) is 112 Å². The molecule has 64 heavy (non-hydrogen) atoms. The third kappa shape index (κ3) is 7.36. The predicted octanol–water partition coefficient (Wildman–Crippen LogP) is 4.73. The fraction of sp³-hybridized carbons (Fsp3) is 0. The van der Waals surface area contributed by atoms with E-state index in [1.165, 1.54) is 0 Å². The lowest BCUT2D eigenvalue weighted by molar-refractivity contribution is 0.0379. The van der Waals surface area contributed by atoms with Crippen molar-refractivity contribution in [3.05, 3.63) is 140 Å². The molecule has 0 aromatic heterocycles. The van der Waals surface area contributed by atoms with Crippen molar-refractivity contribution in [2.45, 2.75) is 0 Å². The number of ether oxygens (including phenoxy) is 2. The highest BCUT2D eigenvalue weighted by atomic mass is 16.6. The summed E-state index contributed by atoms with van der Waals surface area (Å²) in [4.78, 5) is 153. The first-order valence-electron chi connectivity index (χ1n) is 17.3. The number of benzene rings is 6. The quantitative estimate of drug-likeness (QED) is 0.0608. The van der Waals surface area contributed by atoms with Crippen molar-refractivity contribution in [3.8, 4) is 0 Å². The minimum atomic E-state index is -1.88. The Morgan fingerprint density at radius 1 is 0.219 bits per heavy atom. The lowest BCUT2D eigenvalue weighted by atomic mass is 9.91. The van der Waals surface area contributed by atoms with Crippen LogP contribution in [0.15, 0.2) is 72.8 Å². The molecular formula is C42H20O22. The SMILES string of the molecule is O=C(O)c1ccc(C(=O)O)c2c(C(=O)OC(=O)c3ccc(C(=O)OC(=O)c4ccc(C(=O)O)c5c(C(=O)O)ccc(C(=O)O)c45)c4c(C(=O)O)ccc(C(=O)O)c34)ccc(C(=O)O)c12. The van der Waals surface area contributed by atoms with E-state index in [1.54, 1.807) is 0 Å². The number of carboxylic acid groups (broad SMARTS) is 8. The fourth-order valence-corrected chi connectivity index (χ4v) is 6.98. The van der Waals surface area contributed by atoms with Crippen LogP contribution in [0, 0.1) is 0 Å². The van der Waals surface area contributed by atoms with Gasteiger partial charge in [0.1, 0.15) is 0 Å². The highest BCUT2D eigenvalue weighted by molar-refractivity contribution is 6.27. The van der Waals surface area contributed by atoms with E-state index in [1.807, 2.05) is 0 Å². The van der Waals surface area contributed by atoms with Gasteiger partial charge in [-0.2, -0.15) is 0 Å². The molecule has 6 aromatic carbocycles. The number of aromatic carboxylic acids is 8. The maximum Gasteiger partial charge on any atom is 0.346 e. The first kappa shape index (κ1) is 43.7. The Kier molecular flexibility index (Phi) is 11.1. The standard InChI is InChI=1S/C42H20O22/c43-31(44)13-1-3-17(35(51)52)27-21(9-7-15(25(13)27)33(47)48)39(59)63-41(61)23-11-12-24(30-20(38(57)58)6-5-19(29(23)30)37(55)56)42(62)64-40(60)22-10-8-16(34(49)50)26-14(32(45)46)2-4-18(28(22)26)36(53)54/h1-12H,(H,43,44)(H,45,46)(H,47,48)(H,49,50)(H,51,52)(H,53,54)(H,55,56)(H,57,58). The molecule has 0 fully saturated rings. The largest absolute Gasteiger partial charge is 0.478 e. The molecule has 0 radical (unpaired) electrons. The molecular weight excluding hydrogens is 856 g/mol. The summed E-state index contributed by atoms with van der Waals surface area (Å²) in [5, 5.41) is 74.0. The third-order valence-electron chi connectivity index (χ3n) is 9.58. The molecule has 0 spiro atoms. The molecule has 22 heteroatoms. The molecule has 6 aromatic rings. The molecule has 0 aliphatic heterocycles. The van der Waals surface area contributed by atoms with Crippen LogP contribution >= 0.6 is 0 Å². The zero-order valence-electron chi connectivity index (χ0n) is 31.2. The number of hydrogen-bond acceptors (Lipinski definition) is 14. The topological polar surface area (TPSA) is 385 Å². The molecule has 8 N–H and O–H groups in total. The van der Waals surface area contributed by atoms with Crippen molar-refractivity contribution in [3.63, 3.8) is 0 Å². The van der Waals surface area contributed by atoms with Crippen LogP contribution in [0.5, 0.6) is 0 Å². The molecule has 0 saturated heterocycles. The minimum absolute atomic E-state index is 0.618. The van der Waals surface area contributed by atoms with Crippen molar-refractivity contribution in [2.75, 3.05) is 0 Å². The van der Waals surface area contributed by atoms with Gasteiger partial charge in [-0.05, 0) is 72.8 Å². The van der Waals surface area contributed by atoms with Gasteiger partial charge in [0.25, 0.3) is 0 Å². The Balaban J connectivity index is 1.52. The summed E-state index contributed by atoms with van der Waals surface area (Å²) < 4.78 is 9.90. The van der Waals surface area contributed by atoms with E-state index in [4.69, 9.17) is 9.47 Å². The number of carbonyl (C=O) groups is 12. The summed E-state index contributed by atoms with van der Waals surface area (Å²) in [5.41, 5.74) is -10.3. The van der Waals surface area contributed by atoms with E-state index in [0.29, 0.717) is 48.5 Å². The van der Waals surface area contributed by atoms with Crippen molar-refractivity contribution in [1.82, 2.24) is 0 Å². The van der Waals surface area contributed by atoms with Gasteiger partial charge in [0.15, 0.2) is 0 Å². The normalized spacial score (nSPS) is 10.8. The first-order chi connectivity index (χ1) is 30.1. The molecule has 320 valence electrons. The van der Waals surface area contributed by atoms with Crippen LogP contribution in [-0.2, 0) is 9.47 Å². The van der Waals surface area contributed by atoms with Crippen LogP contribution < -0.4 is 0 Å². The average Bonchev–Trinajstić information content (AvgIpc) is 3.22. The highest BCUT2D eigenvalue weighted by Crippen LogP contribution is 2.35. The molecule has 0 atom stereocenters. The summed E-state index contributed by atoms with van der Waals surface area (Å²) in [6.45, 7) is 0. The molecule has 0 saturated carbocycles. The van der Waals surface area contributed by atoms with Crippen LogP contribution in [0.25, 0.3) is 32.3 Å². The molecule has 6 rings (SSSR count). The maximum absolute atomic E-state index is 13.8. The van der Waals surface area contributed by atoms with E-state index in [-0.39, 0.29) is 0 Å². The Labute approximate surface area is 350 Å². The lowest BCUT2D eigenvalue weighted by Crippen LogP contribution is -2.19. The highest BCUT2D eigenvalue weighted by Gasteiger charge is 2.32. The Morgan fingerprint density at radius 2 is 0.328 bits per heavy atom. The number of esters is 4. The third-order valence-corrected chi connectivity index (χ3v) is 9.58. The summed E-state index contributed by atoms with van der Waals surface area (Å²) in [6.07, 6.45) is 0. The van der Waals surface area contributed by atoms with Gasteiger partial charge in [-0.3, -0.25) is 0 Å². The molecule has 22 nitrogen and oxygen atoms in total. The van der Waals surface area contributed by atoms with E-state index >= 15 is 0 Å². The van der Waals surface area contributed by atoms with Gasteiger partial charge in [-0.1, -0.05) is 0 Å². The minimum Gasteiger partial charge on any atom is -0.478 e. The first-order valence-corrected chi connectivity index (χ1v) is 17.3. The van der Waals surface area contributed by atoms with Crippen molar-refractivity contribution in [1.29, 1.82) is 0 Å². The van der Waals surface area contributed by atoms with Gasteiger partial charge in [0, 0.05) is 32.3 Å². The van der Waals surface area contributed by atoms with Crippen LogP contribution in [0.3, 0.4) is 0 Å². The zero-order chi connectivity index (χ0) is 47.2. The van der Waals surface area contributed by atoms with Gasteiger partial charge in [-0.25, -0.2) is 57.5 Å². The zero-order valence-corrected chi connectivity index (χ0v) is 31.2. The molecule has 0 unspecified atom stereocenters. The molecule has 0 aliphatic carbocycles. The van der Waals surface area contributed by atoms with Gasteiger partial charge >= 0.3 is 71.6 Å². The number of carboxylic acids is 8. The lowest BCUT2D eigenvalue weighted by Gasteiger charge is -2.16. The molecule has 0 aliphatic rings. The van der Waals surface area contributed by atoms with Gasteiger partial charge in [-0.15, -0.1) is 0 Å². The molecule has 0 heterocycles. The monoisotopic (exact) mass is 876 g/mol. The second-order valence-electron chi connectivity index (χ2n) is 13.0. The summed E-state index contributed by atoms with van der Waals surface area (Å²) in [6, 6.07) is 8.33. The molecule has 0 amide bonds. The van der Waals surface area contributed by atoms with Gasteiger partial charge < -0.3 is 50.3 Å². The summed E-state index contributed by atoms with van der Waals surface area (Å²) in [7, 11) is 0.